The predicted molar refractivity (Wildman–Crippen MR) is 154 cm³/mol. The molecule has 1 aliphatic heterocycles. The van der Waals surface area contributed by atoms with E-state index in [1.54, 1.807) is 37.4 Å². The summed E-state index contributed by atoms with van der Waals surface area (Å²) in [6.07, 6.45) is 7.14. The van der Waals surface area contributed by atoms with E-state index >= 15 is 0 Å². The van der Waals surface area contributed by atoms with Crippen molar-refractivity contribution in [3.05, 3.63) is 42.0 Å². The molecule has 0 spiro atoms. The van der Waals surface area contributed by atoms with E-state index in [1.807, 2.05) is 6.07 Å². The van der Waals surface area contributed by atoms with Crippen LogP contribution in [-0.4, -0.2) is 62.0 Å². The van der Waals surface area contributed by atoms with Gasteiger partial charge in [0.2, 0.25) is 21.8 Å². The lowest BCUT2D eigenvalue weighted by molar-refractivity contribution is -0.118. The van der Waals surface area contributed by atoms with Crippen LogP contribution in [0.4, 0.5) is 5.13 Å². The lowest BCUT2D eigenvalue weighted by Crippen LogP contribution is -2.47. The quantitative estimate of drug-likeness (QED) is 0.361. The number of hydrogen-bond acceptors (Lipinski definition) is 8. The highest BCUT2D eigenvalue weighted by Crippen LogP contribution is 2.36. The molecule has 11 heteroatoms. The molecule has 210 valence electrons. The van der Waals surface area contributed by atoms with Gasteiger partial charge >= 0.3 is 0 Å². The first-order valence-corrected chi connectivity index (χ1v) is 16.1. The van der Waals surface area contributed by atoms with Gasteiger partial charge in [0.1, 0.15) is 10.3 Å². The van der Waals surface area contributed by atoms with E-state index in [-0.39, 0.29) is 16.8 Å². The maximum absolute atomic E-state index is 13.6. The summed E-state index contributed by atoms with van der Waals surface area (Å²) in [6, 6.07) is 10.3. The number of amides is 1. The Labute approximate surface area is 234 Å². The summed E-state index contributed by atoms with van der Waals surface area (Å²) in [4.78, 5) is 25.7. The first-order chi connectivity index (χ1) is 18.8. The topological polar surface area (TPSA) is 114 Å². The summed E-state index contributed by atoms with van der Waals surface area (Å²) >= 11 is 1.31. The molecular weight excluding hydrogens is 534 g/mol. The Morgan fingerprint density at radius 3 is 2.59 bits per heavy atom. The fraction of sp³-hybridized carbons (Fsp3) is 0.536. The Morgan fingerprint density at radius 1 is 1.10 bits per heavy atom. The summed E-state index contributed by atoms with van der Waals surface area (Å²) in [5.74, 6) is 0.436. The highest BCUT2D eigenvalue weighted by Gasteiger charge is 2.29. The Kier molecular flexibility index (Phi) is 8.80. The van der Waals surface area contributed by atoms with Crippen molar-refractivity contribution in [1.82, 2.24) is 19.6 Å². The molecule has 0 bridgehead atoms. The molecule has 2 aromatic heterocycles. The number of rotatable bonds is 10. The molecule has 9 nitrogen and oxygen atoms in total. The molecule has 2 aliphatic rings. The lowest BCUT2D eigenvalue weighted by Gasteiger charge is -2.32. The van der Waals surface area contributed by atoms with Crippen molar-refractivity contribution in [1.29, 1.82) is 0 Å². The third-order valence-electron chi connectivity index (χ3n) is 7.90. The molecule has 3 heterocycles. The van der Waals surface area contributed by atoms with Crippen molar-refractivity contribution >= 4 is 42.7 Å². The van der Waals surface area contributed by atoms with E-state index in [4.69, 9.17) is 4.74 Å². The molecule has 3 aromatic rings. The number of methoxy groups -OCH3 is 1. The fourth-order valence-electron chi connectivity index (χ4n) is 5.74. The van der Waals surface area contributed by atoms with Gasteiger partial charge in [0.05, 0.1) is 17.9 Å². The van der Waals surface area contributed by atoms with Crippen molar-refractivity contribution in [3.63, 3.8) is 0 Å². The summed E-state index contributed by atoms with van der Waals surface area (Å²) in [6.45, 7) is 4.75. The number of nitrogens with zero attached hydrogens (tertiary/aromatic N) is 3. The highest BCUT2D eigenvalue weighted by atomic mass is 32.2. The number of benzene rings is 1. The van der Waals surface area contributed by atoms with Crippen LogP contribution in [0.15, 0.2) is 41.3 Å². The average molecular weight is 572 g/mol. The van der Waals surface area contributed by atoms with Crippen molar-refractivity contribution in [3.8, 4) is 5.88 Å². The van der Waals surface area contributed by atoms with Gasteiger partial charge in [-0.25, -0.2) is 23.1 Å². The van der Waals surface area contributed by atoms with Crippen LogP contribution in [0.25, 0.3) is 10.3 Å². The van der Waals surface area contributed by atoms with Crippen molar-refractivity contribution in [2.24, 2.45) is 5.92 Å². The van der Waals surface area contributed by atoms with E-state index in [9.17, 15) is 13.2 Å². The molecular formula is C28H37N5O4S2. The molecule has 2 atom stereocenters. The zero-order valence-corrected chi connectivity index (χ0v) is 24.2. The summed E-state index contributed by atoms with van der Waals surface area (Å²) < 4.78 is 34.4. The zero-order chi connectivity index (χ0) is 27.4. The Hall–Kier alpha value is -2.60. The minimum atomic E-state index is -3.65. The number of likely N-dealkylation sites (tertiary alicyclic amines) is 1. The van der Waals surface area contributed by atoms with Gasteiger partial charge < -0.3 is 15.0 Å². The minimum absolute atomic E-state index is 0.0902. The third kappa shape index (κ3) is 6.77. The average Bonchev–Trinajstić information content (AvgIpc) is 3.60. The Balaban J connectivity index is 1.33. The Bertz CT molecular complexity index is 1390. The molecule has 2 N–H and O–H groups in total. The normalized spacial score (nSPS) is 19.8. The van der Waals surface area contributed by atoms with Crippen LogP contribution >= 0.6 is 11.3 Å². The number of hydrogen-bond donors (Lipinski definition) is 2. The SMILES string of the molecule is CCN1CCCC(NS(=O)(=O)c2ccc(C(CC3CCCC3)C(=O)Nc3nc4ccc(OC)nc4s3)cc2)C1. The number of sulfonamides is 1. The van der Waals surface area contributed by atoms with E-state index in [0.29, 0.717) is 27.3 Å². The minimum Gasteiger partial charge on any atom is -0.481 e. The summed E-state index contributed by atoms with van der Waals surface area (Å²) in [5, 5.41) is 3.49. The molecule has 1 aliphatic carbocycles. The van der Waals surface area contributed by atoms with Crippen molar-refractivity contribution in [2.45, 2.75) is 68.7 Å². The van der Waals surface area contributed by atoms with Crippen LogP contribution in [0.1, 0.15) is 63.4 Å². The molecule has 39 heavy (non-hydrogen) atoms. The zero-order valence-electron chi connectivity index (χ0n) is 22.6. The van der Waals surface area contributed by atoms with E-state index in [2.05, 4.69) is 31.8 Å². The number of anilines is 1. The largest absolute Gasteiger partial charge is 0.481 e. The second-order valence-corrected chi connectivity index (χ2v) is 13.2. The van der Waals surface area contributed by atoms with Gasteiger partial charge in [0.15, 0.2) is 5.13 Å². The molecule has 5 rings (SSSR count). The fourth-order valence-corrected chi connectivity index (χ4v) is 7.83. The van der Waals surface area contributed by atoms with Crippen molar-refractivity contribution < 1.29 is 17.9 Å². The van der Waals surface area contributed by atoms with Crippen LogP contribution in [0.2, 0.25) is 0 Å². The van der Waals surface area contributed by atoms with Gasteiger partial charge in [0, 0.05) is 18.7 Å². The number of pyridine rings is 1. The van der Waals surface area contributed by atoms with Crippen LogP contribution < -0.4 is 14.8 Å². The number of likely N-dealkylation sites (N-methyl/N-ethyl adjacent to an activating group) is 1. The number of piperidine rings is 1. The number of fused-ring (bicyclic) bond motifs is 1. The monoisotopic (exact) mass is 571 g/mol. The van der Waals surface area contributed by atoms with Gasteiger partial charge in [0.25, 0.3) is 0 Å². The molecule has 1 aromatic carbocycles. The van der Waals surface area contributed by atoms with Crippen LogP contribution in [-0.2, 0) is 14.8 Å². The third-order valence-corrected chi connectivity index (χ3v) is 10.3. The van der Waals surface area contributed by atoms with Crippen molar-refractivity contribution in [2.75, 3.05) is 32.1 Å². The second kappa shape index (κ2) is 12.3. The van der Waals surface area contributed by atoms with Gasteiger partial charge in [-0.05, 0) is 62.0 Å². The van der Waals surface area contributed by atoms with Gasteiger partial charge in [-0.2, -0.15) is 0 Å². The number of thiazole rings is 1. The second-order valence-electron chi connectivity index (χ2n) is 10.5. The standard InChI is InChI=1S/C28H37N5O4S2/c1-3-33-16-6-9-21(18-33)32-39(35,36)22-12-10-20(11-13-22)23(17-19-7-4-5-8-19)26(34)31-28-29-24-14-15-25(37-2)30-27(24)38-28/h10-15,19,21,23,32H,3-9,16-18H2,1-2H3,(H,29,31,34). The summed E-state index contributed by atoms with van der Waals surface area (Å²) in [7, 11) is -2.09. The predicted octanol–water partition coefficient (Wildman–Crippen LogP) is 4.77. The van der Waals surface area contributed by atoms with E-state index in [0.717, 1.165) is 57.3 Å². The first kappa shape index (κ1) is 27.9. The molecule has 1 saturated heterocycles. The molecule has 1 amide bonds. The number of aromatic nitrogens is 2. The lowest BCUT2D eigenvalue weighted by atomic mass is 9.87. The van der Waals surface area contributed by atoms with E-state index in [1.165, 1.54) is 24.2 Å². The maximum Gasteiger partial charge on any atom is 0.240 e. The van der Waals surface area contributed by atoms with Crippen LogP contribution in [0.3, 0.4) is 0 Å². The van der Waals surface area contributed by atoms with Gasteiger partial charge in [-0.1, -0.05) is 56.1 Å². The number of carbonyl (C=O) groups is 1. The number of ether oxygens (including phenoxy) is 1. The first-order valence-electron chi connectivity index (χ1n) is 13.8. The van der Waals surface area contributed by atoms with E-state index < -0.39 is 15.9 Å². The number of nitrogens with one attached hydrogen (secondary N) is 2. The molecule has 2 fully saturated rings. The number of carbonyl (C=O) groups excluding carboxylic acids is 1. The highest BCUT2D eigenvalue weighted by molar-refractivity contribution is 7.89. The smallest absolute Gasteiger partial charge is 0.240 e. The van der Waals surface area contributed by atoms with Crippen LogP contribution in [0, 0.1) is 5.92 Å². The van der Waals surface area contributed by atoms with Crippen LogP contribution in [0.5, 0.6) is 5.88 Å². The van der Waals surface area contributed by atoms with Gasteiger partial charge in [-0.15, -0.1) is 0 Å². The summed E-state index contributed by atoms with van der Waals surface area (Å²) in [5.41, 5.74) is 1.51. The molecule has 1 saturated carbocycles. The Morgan fingerprint density at radius 2 is 1.87 bits per heavy atom. The van der Waals surface area contributed by atoms with Gasteiger partial charge in [-0.3, -0.25) is 4.79 Å². The molecule has 0 radical (unpaired) electrons. The molecule has 2 unspecified atom stereocenters. The maximum atomic E-state index is 13.6.